The van der Waals surface area contributed by atoms with Gasteiger partial charge in [0.15, 0.2) is 0 Å². The number of nitriles is 1. The van der Waals surface area contributed by atoms with Crippen LogP contribution in [0.2, 0.25) is 5.02 Å². The molecule has 0 atom stereocenters. The second kappa shape index (κ2) is 4.98. The minimum atomic E-state index is 0.652. The van der Waals surface area contributed by atoms with Crippen molar-refractivity contribution in [2.24, 2.45) is 0 Å². The van der Waals surface area contributed by atoms with Crippen molar-refractivity contribution in [2.75, 3.05) is 0 Å². The molecule has 1 aromatic carbocycles. The fourth-order valence-corrected chi connectivity index (χ4v) is 2.11. The van der Waals surface area contributed by atoms with E-state index in [1.165, 1.54) is 0 Å². The molecule has 1 heterocycles. The quantitative estimate of drug-likeness (QED) is 0.717. The fraction of sp³-hybridized carbons (Fsp3) is 0. The van der Waals surface area contributed by atoms with Crippen molar-refractivity contribution in [1.82, 2.24) is 0 Å². The SMILES string of the molecule is N#C/C(=C/c1cccs1)c1ccc(Cl)cc1. The molecule has 3 heteroatoms. The summed E-state index contributed by atoms with van der Waals surface area (Å²) in [6.07, 6.45) is 1.88. The molecular formula is C13H8ClNS. The van der Waals surface area contributed by atoms with Crippen LogP contribution < -0.4 is 0 Å². The molecule has 0 bridgehead atoms. The standard InChI is InChI=1S/C13H8ClNS/c14-12-5-3-10(4-6-12)11(9-15)8-13-2-1-7-16-13/h1-8H/b11-8-. The van der Waals surface area contributed by atoms with Crippen molar-refractivity contribution in [3.63, 3.8) is 0 Å². The Morgan fingerprint density at radius 3 is 2.56 bits per heavy atom. The number of thiophene rings is 1. The molecule has 0 fully saturated rings. The molecule has 0 unspecified atom stereocenters. The van der Waals surface area contributed by atoms with Crippen LogP contribution in [0.15, 0.2) is 41.8 Å². The van der Waals surface area contributed by atoms with E-state index in [1.54, 1.807) is 23.5 Å². The predicted molar refractivity (Wildman–Crippen MR) is 69.3 cm³/mol. The lowest BCUT2D eigenvalue weighted by Crippen LogP contribution is -1.80. The zero-order valence-corrected chi connectivity index (χ0v) is 9.92. The van der Waals surface area contributed by atoms with Gasteiger partial charge in [0.2, 0.25) is 0 Å². The van der Waals surface area contributed by atoms with Gasteiger partial charge in [-0.25, -0.2) is 0 Å². The zero-order chi connectivity index (χ0) is 11.4. The maximum absolute atomic E-state index is 9.10. The zero-order valence-electron chi connectivity index (χ0n) is 8.35. The third kappa shape index (κ3) is 2.52. The van der Waals surface area contributed by atoms with E-state index in [0.717, 1.165) is 10.4 Å². The van der Waals surface area contributed by atoms with Crippen LogP contribution in [0.3, 0.4) is 0 Å². The first kappa shape index (κ1) is 10.9. The Morgan fingerprint density at radius 2 is 2.00 bits per heavy atom. The molecule has 0 N–H and O–H groups in total. The molecule has 2 rings (SSSR count). The van der Waals surface area contributed by atoms with Crippen molar-refractivity contribution >= 4 is 34.6 Å². The Bertz CT molecular complexity index is 532. The van der Waals surface area contributed by atoms with Gasteiger partial charge in [-0.1, -0.05) is 29.8 Å². The van der Waals surface area contributed by atoms with E-state index < -0.39 is 0 Å². The number of halogens is 1. The highest BCUT2D eigenvalue weighted by Gasteiger charge is 2.01. The number of nitrogens with zero attached hydrogens (tertiary/aromatic N) is 1. The normalized spacial score (nSPS) is 11.1. The maximum Gasteiger partial charge on any atom is 0.0998 e. The van der Waals surface area contributed by atoms with E-state index in [4.69, 9.17) is 16.9 Å². The van der Waals surface area contributed by atoms with Crippen LogP contribution in [0.4, 0.5) is 0 Å². The average Bonchev–Trinajstić information content (AvgIpc) is 2.80. The third-order valence-corrected chi connectivity index (χ3v) is 3.18. The maximum atomic E-state index is 9.10. The summed E-state index contributed by atoms with van der Waals surface area (Å²) in [6.45, 7) is 0. The van der Waals surface area contributed by atoms with Crippen LogP contribution in [0.1, 0.15) is 10.4 Å². The molecule has 0 saturated heterocycles. The Hall–Kier alpha value is -1.56. The number of rotatable bonds is 2. The van der Waals surface area contributed by atoms with Crippen molar-refractivity contribution in [2.45, 2.75) is 0 Å². The molecule has 0 aliphatic heterocycles. The van der Waals surface area contributed by atoms with Gasteiger partial charge in [-0.15, -0.1) is 11.3 Å². The van der Waals surface area contributed by atoms with E-state index in [2.05, 4.69) is 6.07 Å². The number of hydrogen-bond donors (Lipinski definition) is 0. The van der Waals surface area contributed by atoms with E-state index in [1.807, 2.05) is 35.7 Å². The Labute approximate surface area is 103 Å². The summed E-state index contributed by atoms with van der Waals surface area (Å²) in [6, 6.07) is 13.4. The third-order valence-electron chi connectivity index (χ3n) is 2.11. The number of allylic oxidation sites excluding steroid dienone is 1. The van der Waals surface area contributed by atoms with Gasteiger partial charge in [0.05, 0.1) is 11.6 Å². The first-order valence-electron chi connectivity index (χ1n) is 4.71. The molecule has 0 spiro atoms. The lowest BCUT2D eigenvalue weighted by atomic mass is 10.1. The van der Waals surface area contributed by atoms with E-state index >= 15 is 0 Å². The van der Waals surface area contributed by atoms with Gasteiger partial charge < -0.3 is 0 Å². The minimum absolute atomic E-state index is 0.652. The van der Waals surface area contributed by atoms with Crippen molar-refractivity contribution in [3.8, 4) is 6.07 Å². The number of benzene rings is 1. The smallest absolute Gasteiger partial charge is 0.0998 e. The molecule has 1 nitrogen and oxygen atoms in total. The summed E-state index contributed by atoms with van der Waals surface area (Å²) < 4.78 is 0. The van der Waals surface area contributed by atoms with E-state index in [0.29, 0.717) is 10.6 Å². The highest BCUT2D eigenvalue weighted by atomic mass is 35.5. The van der Waals surface area contributed by atoms with Crippen LogP contribution in [0, 0.1) is 11.3 Å². The topological polar surface area (TPSA) is 23.8 Å². The second-order valence-electron chi connectivity index (χ2n) is 3.19. The second-order valence-corrected chi connectivity index (χ2v) is 4.61. The summed E-state index contributed by atoms with van der Waals surface area (Å²) in [4.78, 5) is 1.08. The highest BCUT2D eigenvalue weighted by Crippen LogP contribution is 2.21. The van der Waals surface area contributed by atoms with Gasteiger partial charge in [-0.2, -0.15) is 5.26 Å². The van der Waals surface area contributed by atoms with Crippen LogP contribution in [-0.4, -0.2) is 0 Å². The van der Waals surface area contributed by atoms with Crippen molar-refractivity contribution in [3.05, 3.63) is 57.2 Å². The molecule has 0 saturated carbocycles. The average molecular weight is 246 g/mol. The summed E-state index contributed by atoms with van der Waals surface area (Å²) in [5, 5.41) is 11.8. The summed E-state index contributed by atoms with van der Waals surface area (Å²) in [5.41, 5.74) is 1.54. The lowest BCUT2D eigenvalue weighted by molar-refractivity contribution is 1.52. The molecule has 2 aromatic rings. The van der Waals surface area contributed by atoms with Gasteiger partial charge in [0, 0.05) is 9.90 Å². The molecule has 0 aliphatic rings. The summed E-state index contributed by atoms with van der Waals surface area (Å²) >= 11 is 7.41. The fourth-order valence-electron chi connectivity index (χ4n) is 1.33. The highest BCUT2D eigenvalue weighted by molar-refractivity contribution is 7.10. The Balaban J connectivity index is 2.37. The Morgan fingerprint density at radius 1 is 1.25 bits per heavy atom. The molecule has 78 valence electrons. The first-order chi connectivity index (χ1) is 7.79. The van der Waals surface area contributed by atoms with Gasteiger partial charge in [0.1, 0.15) is 0 Å². The van der Waals surface area contributed by atoms with Crippen LogP contribution >= 0.6 is 22.9 Å². The minimum Gasteiger partial charge on any atom is -0.192 e. The first-order valence-corrected chi connectivity index (χ1v) is 5.96. The van der Waals surface area contributed by atoms with Crippen molar-refractivity contribution in [1.29, 1.82) is 5.26 Å². The summed E-state index contributed by atoms with van der Waals surface area (Å²) in [7, 11) is 0. The van der Waals surface area contributed by atoms with E-state index in [9.17, 15) is 0 Å². The molecule has 16 heavy (non-hydrogen) atoms. The molecule has 0 aliphatic carbocycles. The number of hydrogen-bond acceptors (Lipinski definition) is 2. The lowest BCUT2D eigenvalue weighted by Gasteiger charge is -1.98. The van der Waals surface area contributed by atoms with Crippen molar-refractivity contribution < 1.29 is 0 Å². The summed E-state index contributed by atoms with van der Waals surface area (Å²) in [5.74, 6) is 0. The van der Waals surface area contributed by atoms with E-state index in [-0.39, 0.29) is 0 Å². The Kier molecular flexibility index (Phi) is 3.40. The largest absolute Gasteiger partial charge is 0.192 e. The van der Waals surface area contributed by atoms with Crippen LogP contribution in [0.5, 0.6) is 0 Å². The van der Waals surface area contributed by atoms with Crippen LogP contribution in [-0.2, 0) is 0 Å². The molecule has 0 radical (unpaired) electrons. The molecular weight excluding hydrogens is 238 g/mol. The van der Waals surface area contributed by atoms with Crippen LogP contribution in [0.25, 0.3) is 11.6 Å². The molecule has 0 amide bonds. The van der Waals surface area contributed by atoms with Gasteiger partial charge >= 0.3 is 0 Å². The van der Waals surface area contributed by atoms with Gasteiger partial charge in [-0.3, -0.25) is 0 Å². The molecule has 1 aromatic heterocycles. The van der Waals surface area contributed by atoms with Gasteiger partial charge in [0.25, 0.3) is 0 Å². The van der Waals surface area contributed by atoms with Gasteiger partial charge in [-0.05, 0) is 35.2 Å². The predicted octanol–water partition coefficient (Wildman–Crippen LogP) is 4.47. The monoisotopic (exact) mass is 245 g/mol.